The first-order valence-electron chi connectivity index (χ1n) is 11.9. The molecule has 198 valence electrons. The summed E-state index contributed by atoms with van der Waals surface area (Å²) in [5.74, 6) is -7.97. The molecule has 0 saturated heterocycles. The Bertz CT molecular complexity index is 1310. The molecule has 0 spiro atoms. The van der Waals surface area contributed by atoms with Gasteiger partial charge in [0, 0.05) is 20.6 Å². The van der Waals surface area contributed by atoms with E-state index in [9.17, 15) is 12.8 Å². The fourth-order valence-electron chi connectivity index (χ4n) is 5.62. The summed E-state index contributed by atoms with van der Waals surface area (Å²) < 4.78 is 108. The Morgan fingerprint density at radius 2 is 1.22 bits per heavy atom. The van der Waals surface area contributed by atoms with Gasteiger partial charge in [-0.3, -0.25) is 0 Å². The zero-order valence-corrected chi connectivity index (χ0v) is 21.2. The SMILES string of the molecule is O=S(=O)(OS(c1ccccc1)(c1ccccc1)c1ccc(F)cc1)C(F)(F)C(F)(F)C1CC2CCC1C2. The largest absolute Gasteiger partial charge is 0.432 e. The molecule has 5 rings (SSSR count). The second-order valence-corrected chi connectivity index (χ2v) is 14.1. The van der Waals surface area contributed by atoms with Crippen LogP contribution in [0.3, 0.4) is 0 Å². The molecule has 37 heavy (non-hydrogen) atoms. The van der Waals surface area contributed by atoms with E-state index in [4.69, 9.17) is 3.63 Å². The van der Waals surface area contributed by atoms with Gasteiger partial charge in [0.15, 0.2) is 0 Å². The number of benzene rings is 3. The molecule has 2 fully saturated rings. The van der Waals surface area contributed by atoms with Crippen molar-refractivity contribution in [2.24, 2.45) is 17.8 Å². The normalized spacial score (nSPS) is 22.8. The highest BCUT2D eigenvalue weighted by molar-refractivity contribution is 8.33. The van der Waals surface area contributed by atoms with Gasteiger partial charge >= 0.3 is 21.3 Å². The number of halogens is 5. The summed E-state index contributed by atoms with van der Waals surface area (Å²) in [4.78, 5) is 0.416. The maximum absolute atomic E-state index is 15.6. The minimum Gasteiger partial charge on any atom is -0.207 e. The second-order valence-electron chi connectivity index (χ2n) is 9.58. The van der Waals surface area contributed by atoms with Crippen LogP contribution < -0.4 is 0 Å². The first-order chi connectivity index (χ1) is 17.5. The van der Waals surface area contributed by atoms with Crippen molar-refractivity contribution in [2.75, 3.05) is 0 Å². The Morgan fingerprint density at radius 3 is 1.68 bits per heavy atom. The molecule has 3 atom stereocenters. The van der Waals surface area contributed by atoms with Gasteiger partial charge in [0.2, 0.25) is 0 Å². The highest BCUT2D eigenvalue weighted by Crippen LogP contribution is 2.71. The van der Waals surface area contributed by atoms with E-state index < -0.39 is 49.3 Å². The average Bonchev–Trinajstić information content (AvgIpc) is 3.53. The highest BCUT2D eigenvalue weighted by Gasteiger charge is 2.73. The summed E-state index contributed by atoms with van der Waals surface area (Å²) >= 11 is 0. The van der Waals surface area contributed by atoms with Gasteiger partial charge in [0.05, 0.1) is 0 Å². The van der Waals surface area contributed by atoms with Crippen LogP contribution in [-0.2, 0) is 13.7 Å². The highest BCUT2D eigenvalue weighted by atomic mass is 32.3. The quantitative estimate of drug-likeness (QED) is 0.264. The molecular weight excluding hydrogens is 531 g/mol. The smallest absolute Gasteiger partial charge is 0.207 e. The number of alkyl halides is 4. The zero-order valence-electron chi connectivity index (χ0n) is 19.6. The van der Waals surface area contributed by atoms with Gasteiger partial charge in [-0.25, -0.2) is 8.02 Å². The van der Waals surface area contributed by atoms with Crippen LogP contribution in [0.25, 0.3) is 0 Å². The minimum atomic E-state index is -6.22. The van der Waals surface area contributed by atoms with Crippen LogP contribution in [0.5, 0.6) is 0 Å². The number of fused-ring (bicyclic) bond motifs is 2. The Balaban J connectivity index is 1.67. The zero-order chi connectivity index (χ0) is 26.5. The lowest BCUT2D eigenvalue weighted by Gasteiger charge is -2.41. The van der Waals surface area contributed by atoms with Crippen molar-refractivity contribution in [1.29, 1.82) is 0 Å². The summed E-state index contributed by atoms with van der Waals surface area (Å²) in [7, 11) is -9.78. The Labute approximate surface area is 214 Å². The molecule has 2 aliphatic rings. The van der Waals surface area contributed by atoms with Crippen molar-refractivity contribution in [3.63, 3.8) is 0 Å². The summed E-state index contributed by atoms with van der Waals surface area (Å²) in [5.41, 5.74) is 0. The predicted octanol–water partition coefficient (Wildman–Crippen LogP) is 8.03. The van der Waals surface area contributed by atoms with Gasteiger partial charge in [0.25, 0.3) is 0 Å². The summed E-state index contributed by atoms with van der Waals surface area (Å²) in [6.07, 6.45) is 1.32. The van der Waals surface area contributed by atoms with Gasteiger partial charge in [-0.05, 0) is 89.9 Å². The van der Waals surface area contributed by atoms with Gasteiger partial charge in [-0.2, -0.15) is 26.0 Å². The molecule has 0 aliphatic heterocycles. The molecule has 2 bridgehead atoms. The third-order valence-electron chi connectivity index (χ3n) is 7.39. The second kappa shape index (κ2) is 9.39. The molecule has 2 saturated carbocycles. The lowest BCUT2D eigenvalue weighted by molar-refractivity contribution is -0.202. The molecule has 0 radical (unpaired) electrons. The van der Waals surface area contributed by atoms with Crippen molar-refractivity contribution in [3.8, 4) is 0 Å². The molecule has 3 nitrogen and oxygen atoms in total. The van der Waals surface area contributed by atoms with Crippen molar-refractivity contribution in [1.82, 2.24) is 0 Å². The fourth-order valence-corrected chi connectivity index (χ4v) is 10.9. The Hall–Kier alpha value is -2.43. The molecule has 3 aromatic rings. The van der Waals surface area contributed by atoms with E-state index in [2.05, 4.69) is 0 Å². The molecule has 3 unspecified atom stereocenters. The van der Waals surface area contributed by atoms with Crippen molar-refractivity contribution >= 4 is 20.4 Å². The number of hydrogen-bond acceptors (Lipinski definition) is 3. The topological polar surface area (TPSA) is 43.4 Å². The monoisotopic (exact) mass is 556 g/mol. The van der Waals surface area contributed by atoms with E-state index in [0.29, 0.717) is 19.3 Å². The van der Waals surface area contributed by atoms with Gasteiger partial charge in [-0.15, -0.1) is 0 Å². The van der Waals surface area contributed by atoms with Crippen molar-refractivity contribution in [2.45, 2.75) is 51.5 Å². The summed E-state index contributed by atoms with van der Waals surface area (Å²) in [6.45, 7) is 0. The Kier molecular flexibility index (Phi) is 6.65. The molecule has 2 aliphatic carbocycles. The van der Waals surface area contributed by atoms with E-state index >= 15 is 17.6 Å². The Morgan fingerprint density at radius 1 is 0.703 bits per heavy atom. The van der Waals surface area contributed by atoms with Gasteiger partial charge in [0.1, 0.15) is 5.82 Å². The van der Waals surface area contributed by atoms with Crippen molar-refractivity contribution in [3.05, 3.63) is 90.7 Å². The summed E-state index contributed by atoms with van der Waals surface area (Å²) in [5, 5.41) is -5.49. The lowest BCUT2D eigenvalue weighted by atomic mass is 9.84. The van der Waals surface area contributed by atoms with Gasteiger partial charge < -0.3 is 0 Å². The molecule has 0 amide bonds. The van der Waals surface area contributed by atoms with Crippen LogP contribution >= 0.6 is 10.3 Å². The molecule has 0 aromatic heterocycles. The van der Waals surface area contributed by atoms with Crippen LogP contribution in [0.15, 0.2) is 99.6 Å². The predicted molar refractivity (Wildman–Crippen MR) is 131 cm³/mol. The minimum absolute atomic E-state index is 0.0638. The third-order valence-corrected chi connectivity index (χ3v) is 12.6. The first kappa shape index (κ1) is 26.2. The van der Waals surface area contributed by atoms with Crippen LogP contribution in [0.4, 0.5) is 22.0 Å². The van der Waals surface area contributed by atoms with Crippen LogP contribution in [0.1, 0.15) is 25.7 Å². The average molecular weight is 557 g/mol. The maximum Gasteiger partial charge on any atom is 0.432 e. The number of hydrogen-bond donors (Lipinski definition) is 0. The summed E-state index contributed by atoms with van der Waals surface area (Å²) in [6, 6.07) is 20.0. The van der Waals surface area contributed by atoms with Crippen molar-refractivity contribution < 1.29 is 34.0 Å². The van der Waals surface area contributed by atoms with Crippen LogP contribution in [-0.4, -0.2) is 19.6 Å². The van der Waals surface area contributed by atoms with E-state index in [-0.39, 0.29) is 27.0 Å². The molecule has 0 N–H and O–H groups in total. The van der Waals surface area contributed by atoms with E-state index in [0.717, 1.165) is 12.1 Å². The van der Waals surface area contributed by atoms with Crippen LogP contribution in [0.2, 0.25) is 0 Å². The number of rotatable bonds is 8. The van der Waals surface area contributed by atoms with E-state index in [1.807, 2.05) is 0 Å². The standard InChI is InChI=1S/C27H25F5O3S2/c28-21-13-15-24(16-14-21)36(22-7-3-1-4-8-22,23-9-5-2-6-10-23)35-37(33,34)27(31,32)26(29,30)25-18-19-11-12-20(25)17-19/h1-10,13-16,19-20,25H,11-12,17-18H2. The maximum atomic E-state index is 15.6. The first-order valence-corrected chi connectivity index (χ1v) is 14.9. The molecule has 10 heteroatoms. The lowest BCUT2D eigenvalue weighted by Crippen LogP contribution is -2.53. The van der Waals surface area contributed by atoms with Crippen LogP contribution in [0, 0.1) is 23.6 Å². The van der Waals surface area contributed by atoms with Gasteiger partial charge in [-0.1, -0.05) is 42.8 Å². The fraction of sp³-hybridized carbons (Fsp3) is 0.333. The molecular formula is C27H25F5O3S2. The molecule has 3 aromatic carbocycles. The molecule has 0 heterocycles. The third kappa shape index (κ3) is 4.27. The van der Waals surface area contributed by atoms with E-state index in [1.165, 1.54) is 36.4 Å². The van der Waals surface area contributed by atoms with E-state index in [1.54, 1.807) is 36.4 Å².